The van der Waals surface area contributed by atoms with Gasteiger partial charge in [-0.1, -0.05) is 29.3 Å². The van der Waals surface area contributed by atoms with Crippen LogP contribution in [0.1, 0.15) is 16.7 Å². The zero-order chi connectivity index (χ0) is 14.7. The van der Waals surface area contributed by atoms with Crippen LogP contribution in [0.25, 0.3) is 5.82 Å². The molecule has 0 aliphatic heterocycles. The molecule has 106 valence electrons. The third-order valence-electron chi connectivity index (χ3n) is 3.27. The van der Waals surface area contributed by atoms with Crippen molar-refractivity contribution in [1.82, 2.24) is 14.8 Å². The first-order valence-corrected chi connectivity index (χ1v) is 6.98. The normalized spacial score (nSPS) is 10.6. The highest BCUT2D eigenvalue weighted by Gasteiger charge is 2.00. The van der Waals surface area contributed by atoms with E-state index in [0.717, 1.165) is 18.1 Å². The van der Waals surface area contributed by atoms with E-state index in [1.165, 1.54) is 16.7 Å². The summed E-state index contributed by atoms with van der Waals surface area (Å²) in [5.41, 5.74) is 4.87. The van der Waals surface area contributed by atoms with Crippen LogP contribution in [-0.2, 0) is 6.54 Å². The van der Waals surface area contributed by atoms with E-state index < -0.39 is 0 Å². The third-order valence-corrected chi connectivity index (χ3v) is 3.27. The van der Waals surface area contributed by atoms with E-state index in [9.17, 15) is 0 Å². The number of rotatable bonds is 4. The van der Waals surface area contributed by atoms with Gasteiger partial charge in [0.15, 0.2) is 5.82 Å². The van der Waals surface area contributed by atoms with Gasteiger partial charge in [0.2, 0.25) is 0 Å². The van der Waals surface area contributed by atoms with Crippen molar-refractivity contribution in [1.29, 1.82) is 0 Å². The van der Waals surface area contributed by atoms with Crippen LogP contribution in [-0.4, -0.2) is 14.8 Å². The van der Waals surface area contributed by atoms with E-state index in [1.807, 2.05) is 30.6 Å². The van der Waals surface area contributed by atoms with Crippen molar-refractivity contribution in [2.45, 2.75) is 20.4 Å². The SMILES string of the molecule is Cc1cc(C)cc(CNc2ccc(-n3cccn3)nc2)c1. The Balaban J connectivity index is 1.68. The minimum absolute atomic E-state index is 0.797. The molecule has 0 fully saturated rings. The lowest BCUT2D eigenvalue weighted by atomic mass is 10.1. The molecule has 1 N–H and O–H groups in total. The Morgan fingerprint density at radius 2 is 1.90 bits per heavy atom. The van der Waals surface area contributed by atoms with E-state index in [-0.39, 0.29) is 0 Å². The third kappa shape index (κ3) is 3.28. The molecule has 0 aliphatic carbocycles. The largest absolute Gasteiger partial charge is 0.380 e. The van der Waals surface area contributed by atoms with Gasteiger partial charge in [-0.3, -0.25) is 0 Å². The maximum absolute atomic E-state index is 4.41. The fourth-order valence-electron chi connectivity index (χ4n) is 2.41. The maximum Gasteiger partial charge on any atom is 0.153 e. The molecule has 4 nitrogen and oxygen atoms in total. The molecule has 0 saturated heterocycles. The molecule has 0 radical (unpaired) electrons. The minimum atomic E-state index is 0.797. The zero-order valence-electron chi connectivity index (χ0n) is 12.2. The van der Waals surface area contributed by atoms with Crippen molar-refractivity contribution < 1.29 is 0 Å². The second-order valence-corrected chi connectivity index (χ2v) is 5.21. The van der Waals surface area contributed by atoms with Gasteiger partial charge in [0, 0.05) is 18.9 Å². The smallest absolute Gasteiger partial charge is 0.153 e. The van der Waals surface area contributed by atoms with Gasteiger partial charge >= 0.3 is 0 Å². The monoisotopic (exact) mass is 278 g/mol. The summed E-state index contributed by atoms with van der Waals surface area (Å²) in [6.45, 7) is 5.04. The molecule has 3 aromatic rings. The van der Waals surface area contributed by atoms with Gasteiger partial charge in [-0.25, -0.2) is 9.67 Å². The summed E-state index contributed by atoms with van der Waals surface area (Å²) >= 11 is 0. The Morgan fingerprint density at radius 1 is 1.10 bits per heavy atom. The standard InChI is InChI=1S/C17H18N4/c1-13-8-14(2)10-15(9-13)11-18-16-4-5-17(19-12-16)21-7-3-6-20-21/h3-10,12,18H,11H2,1-2H3. The molecule has 3 rings (SSSR count). The van der Waals surface area contributed by atoms with Crippen LogP contribution in [0.3, 0.4) is 0 Å². The van der Waals surface area contributed by atoms with Crippen LogP contribution in [0.2, 0.25) is 0 Å². The molecule has 0 amide bonds. The molecule has 21 heavy (non-hydrogen) atoms. The van der Waals surface area contributed by atoms with Crippen molar-refractivity contribution in [3.05, 3.63) is 71.7 Å². The number of nitrogens with one attached hydrogen (secondary N) is 1. The fourth-order valence-corrected chi connectivity index (χ4v) is 2.41. The van der Waals surface area contributed by atoms with E-state index in [4.69, 9.17) is 0 Å². The molecule has 0 bridgehead atoms. The summed E-state index contributed by atoms with van der Waals surface area (Å²) in [4.78, 5) is 4.41. The number of aromatic nitrogens is 3. The van der Waals surface area contributed by atoms with E-state index >= 15 is 0 Å². The number of nitrogens with zero attached hydrogens (tertiary/aromatic N) is 3. The Morgan fingerprint density at radius 3 is 2.52 bits per heavy atom. The van der Waals surface area contributed by atoms with Gasteiger partial charge in [0.05, 0.1) is 11.9 Å². The Labute approximate surface area is 124 Å². The number of anilines is 1. The molecule has 1 aromatic carbocycles. The molecule has 0 spiro atoms. The summed E-state index contributed by atoms with van der Waals surface area (Å²) in [5, 5.41) is 7.56. The molecular formula is C17H18N4. The minimum Gasteiger partial charge on any atom is -0.380 e. The predicted molar refractivity (Wildman–Crippen MR) is 84.6 cm³/mol. The molecule has 0 atom stereocenters. The number of hydrogen-bond acceptors (Lipinski definition) is 3. The second kappa shape index (κ2) is 5.79. The quantitative estimate of drug-likeness (QED) is 0.794. The summed E-state index contributed by atoms with van der Waals surface area (Å²) in [5.74, 6) is 0.817. The highest BCUT2D eigenvalue weighted by molar-refractivity contribution is 5.44. The Kier molecular flexibility index (Phi) is 3.69. The van der Waals surface area contributed by atoms with E-state index in [0.29, 0.717) is 0 Å². The van der Waals surface area contributed by atoms with Gasteiger partial charge in [-0.05, 0) is 37.6 Å². The molecule has 0 aliphatic rings. The summed E-state index contributed by atoms with van der Waals surface area (Å²) in [7, 11) is 0. The molecular weight excluding hydrogens is 260 g/mol. The summed E-state index contributed by atoms with van der Waals surface area (Å²) in [6.07, 6.45) is 5.46. The second-order valence-electron chi connectivity index (χ2n) is 5.21. The van der Waals surface area contributed by atoms with Gasteiger partial charge in [0.25, 0.3) is 0 Å². The van der Waals surface area contributed by atoms with Crippen LogP contribution in [0.5, 0.6) is 0 Å². The first-order valence-electron chi connectivity index (χ1n) is 6.98. The molecule has 4 heteroatoms. The number of hydrogen-bond donors (Lipinski definition) is 1. The molecule has 0 unspecified atom stereocenters. The zero-order valence-corrected chi connectivity index (χ0v) is 12.2. The molecule has 2 heterocycles. The van der Waals surface area contributed by atoms with E-state index in [1.54, 1.807) is 10.9 Å². The van der Waals surface area contributed by atoms with Crippen LogP contribution in [0.15, 0.2) is 55.0 Å². The predicted octanol–water partition coefficient (Wildman–Crippen LogP) is 3.50. The lowest BCUT2D eigenvalue weighted by Crippen LogP contribution is -2.02. The number of aryl methyl sites for hydroxylation is 2. The topological polar surface area (TPSA) is 42.7 Å². The van der Waals surface area contributed by atoms with Crippen molar-refractivity contribution in [2.24, 2.45) is 0 Å². The Bertz CT molecular complexity index is 695. The van der Waals surface area contributed by atoms with Crippen molar-refractivity contribution in [3.8, 4) is 5.82 Å². The van der Waals surface area contributed by atoms with Gasteiger partial charge in [0.1, 0.15) is 0 Å². The maximum atomic E-state index is 4.41. The van der Waals surface area contributed by atoms with Crippen LogP contribution in [0, 0.1) is 13.8 Å². The lowest BCUT2D eigenvalue weighted by molar-refractivity contribution is 0.847. The first kappa shape index (κ1) is 13.4. The highest BCUT2D eigenvalue weighted by atomic mass is 15.3. The van der Waals surface area contributed by atoms with Gasteiger partial charge < -0.3 is 5.32 Å². The Hall–Kier alpha value is -2.62. The average molecular weight is 278 g/mol. The first-order chi connectivity index (χ1) is 10.2. The number of pyridine rings is 1. The summed E-state index contributed by atoms with van der Waals surface area (Å²) in [6, 6.07) is 12.4. The molecule has 0 saturated carbocycles. The molecule has 2 aromatic heterocycles. The van der Waals surface area contributed by atoms with Crippen molar-refractivity contribution in [2.75, 3.05) is 5.32 Å². The highest BCUT2D eigenvalue weighted by Crippen LogP contribution is 2.13. The fraction of sp³-hybridized carbons (Fsp3) is 0.176. The van der Waals surface area contributed by atoms with Crippen molar-refractivity contribution in [3.63, 3.8) is 0 Å². The summed E-state index contributed by atoms with van der Waals surface area (Å²) < 4.78 is 1.74. The van der Waals surface area contributed by atoms with E-state index in [2.05, 4.69) is 47.4 Å². The van der Waals surface area contributed by atoms with Gasteiger partial charge in [-0.2, -0.15) is 5.10 Å². The number of benzene rings is 1. The van der Waals surface area contributed by atoms with Crippen molar-refractivity contribution >= 4 is 5.69 Å². The van der Waals surface area contributed by atoms with Gasteiger partial charge in [-0.15, -0.1) is 0 Å². The average Bonchev–Trinajstić information content (AvgIpc) is 2.99. The van der Waals surface area contributed by atoms with Crippen LogP contribution >= 0.6 is 0 Å². The van der Waals surface area contributed by atoms with Crippen LogP contribution in [0.4, 0.5) is 5.69 Å². The lowest BCUT2D eigenvalue weighted by Gasteiger charge is -2.09. The van der Waals surface area contributed by atoms with Crippen LogP contribution < -0.4 is 5.32 Å².